The van der Waals surface area contributed by atoms with Crippen molar-refractivity contribution in [1.29, 1.82) is 0 Å². The highest BCUT2D eigenvalue weighted by atomic mass is 35.5. The highest BCUT2D eigenvalue weighted by Crippen LogP contribution is 2.23. The molecule has 0 saturated heterocycles. The highest BCUT2D eigenvalue weighted by molar-refractivity contribution is 6.21. The van der Waals surface area contributed by atoms with Gasteiger partial charge in [0.05, 0.1) is 6.54 Å². The predicted molar refractivity (Wildman–Crippen MR) is 59.7 cm³/mol. The van der Waals surface area contributed by atoms with Crippen molar-refractivity contribution < 1.29 is 0 Å². The molecular formula is C10H17ClN4. The molecule has 0 spiro atoms. The third-order valence-electron chi connectivity index (χ3n) is 3.01. The first-order valence-corrected chi connectivity index (χ1v) is 5.91. The summed E-state index contributed by atoms with van der Waals surface area (Å²) >= 11 is 6.26. The number of rotatable bonds is 3. The van der Waals surface area contributed by atoms with Crippen molar-refractivity contribution in [2.45, 2.75) is 43.6 Å². The van der Waals surface area contributed by atoms with Crippen molar-refractivity contribution in [3.63, 3.8) is 0 Å². The maximum Gasteiger partial charge on any atom is 0.140 e. The summed E-state index contributed by atoms with van der Waals surface area (Å²) in [5, 5.41) is 7.76. The number of nitrogens with zero attached hydrogens (tertiary/aromatic N) is 3. The van der Waals surface area contributed by atoms with Crippen LogP contribution in [-0.2, 0) is 13.6 Å². The van der Waals surface area contributed by atoms with E-state index in [9.17, 15) is 0 Å². The third-order valence-corrected chi connectivity index (χ3v) is 3.53. The first kappa shape index (κ1) is 10.9. The Morgan fingerprint density at radius 3 is 3.00 bits per heavy atom. The topological polar surface area (TPSA) is 42.7 Å². The minimum atomic E-state index is 0.270. The molecule has 1 saturated carbocycles. The summed E-state index contributed by atoms with van der Waals surface area (Å²) in [6.45, 7) is 0.754. The van der Waals surface area contributed by atoms with Crippen molar-refractivity contribution in [2.24, 2.45) is 7.05 Å². The number of nitrogens with one attached hydrogen (secondary N) is 1. The maximum atomic E-state index is 6.26. The summed E-state index contributed by atoms with van der Waals surface area (Å²) in [6.07, 6.45) is 6.41. The van der Waals surface area contributed by atoms with E-state index in [4.69, 9.17) is 11.6 Å². The van der Waals surface area contributed by atoms with Crippen LogP contribution in [0.25, 0.3) is 0 Å². The van der Waals surface area contributed by atoms with Crippen molar-refractivity contribution in [2.75, 3.05) is 0 Å². The summed E-state index contributed by atoms with van der Waals surface area (Å²) in [4.78, 5) is 4.17. The minimum absolute atomic E-state index is 0.270. The van der Waals surface area contributed by atoms with Gasteiger partial charge >= 0.3 is 0 Å². The van der Waals surface area contributed by atoms with Crippen molar-refractivity contribution >= 4 is 11.6 Å². The van der Waals surface area contributed by atoms with Gasteiger partial charge in [0.2, 0.25) is 0 Å². The van der Waals surface area contributed by atoms with Gasteiger partial charge in [-0.05, 0) is 12.8 Å². The summed E-state index contributed by atoms with van der Waals surface area (Å²) in [5.41, 5.74) is 0. The van der Waals surface area contributed by atoms with Gasteiger partial charge < -0.3 is 5.32 Å². The summed E-state index contributed by atoms with van der Waals surface area (Å²) in [6, 6.07) is 0.428. The molecule has 2 unspecified atom stereocenters. The molecule has 0 bridgehead atoms. The fourth-order valence-electron chi connectivity index (χ4n) is 2.02. The van der Waals surface area contributed by atoms with E-state index in [2.05, 4.69) is 15.4 Å². The molecular weight excluding hydrogens is 212 g/mol. The molecule has 1 N–H and O–H groups in total. The zero-order valence-electron chi connectivity index (χ0n) is 8.99. The van der Waals surface area contributed by atoms with E-state index in [-0.39, 0.29) is 5.38 Å². The van der Waals surface area contributed by atoms with Crippen LogP contribution >= 0.6 is 11.6 Å². The Morgan fingerprint density at radius 2 is 2.33 bits per heavy atom. The average Bonchev–Trinajstić information content (AvgIpc) is 2.63. The Balaban J connectivity index is 1.84. The second-order valence-electron chi connectivity index (χ2n) is 4.09. The number of hydrogen-bond donors (Lipinski definition) is 1. The van der Waals surface area contributed by atoms with E-state index in [0.717, 1.165) is 18.8 Å². The average molecular weight is 229 g/mol. The fourth-order valence-corrected chi connectivity index (χ4v) is 2.39. The molecule has 1 heterocycles. The molecule has 5 heteroatoms. The van der Waals surface area contributed by atoms with E-state index >= 15 is 0 Å². The summed E-state index contributed by atoms with van der Waals surface area (Å²) < 4.78 is 1.79. The normalized spacial score (nSPS) is 26.8. The number of hydrogen-bond acceptors (Lipinski definition) is 3. The van der Waals surface area contributed by atoms with Crippen molar-refractivity contribution in [3.05, 3.63) is 12.2 Å². The molecule has 1 fully saturated rings. The molecule has 15 heavy (non-hydrogen) atoms. The van der Waals surface area contributed by atoms with Crippen LogP contribution in [0.1, 0.15) is 31.5 Å². The molecule has 0 amide bonds. The van der Waals surface area contributed by atoms with Crippen LogP contribution in [0.4, 0.5) is 0 Å². The largest absolute Gasteiger partial charge is 0.306 e. The molecule has 1 aromatic heterocycles. The Morgan fingerprint density at radius 1 is 1.53 bits per heavy atom. The molecule has 0 radical (unpaired) electrons. The predicted octanol–water partition coefficient (Wildman–Crippen LogP) is 1.45. The lowest BCUT2D eigenvalue weighted by Crippen LogP contribution is -2.39. The first-order valence-electron chi connectivity index (χ1n) is 5.47. The van der Waals surface area contributed by atoms with Gasteiger partial charge in [0.15, 0.2) is 0 Å². The SMILES string of the molecule is Cn1ncnc1CNC1CCCCC1Cl. The van der Waals surface area contributed by atoms with Gasteiger partial charge in [-0.25, -0.2) is 4.98 Å². The lowest BCUT2D eigenvalue weighted by atomic mass is 9.95. The Hall–Kier alpha value is -0.610. The molecule has 0 aromatic carbocycles. The molecule has 1 aliphatic rings. The lowest BCUT2D eigenvalue weighted by molar-refractivity contribution is 0.373. The standard InChI is InChI=1S/C10H17ClN4/c1-15-10(13-7-14-15)6-12-9-5-3-2-4-8(9)11/h7-9,12H,2-6H2,1H3. The second-order valence-corrected chi connectivity index (χ2v) is 4.65. The van der Waals surface area contributed by atoms with E-state index < -0.39 is 0 Å². The first-order chi connectivity index (χ1) is 7.27. The fraction of sp³-hybridized carbons (Fsp3) is 0.800. The van der Waals surface area contributed by atoms with Crippen LogP contribution in [-0.4, -0.2) is 26.2 Å². The quantitative estimate of drug-likeness (QED) is 0.797. The zero-order valence-corrected chi connectivity index (χ0v) is 9.74. The van der Waals surface area contributed by atoms with Gasteiger partial charge in [-0.15, -0.1) is 11.6 Å². The van der Waals surface area contributed by atoms with Crippen LogP contribution in [0.5, 0.6) is 0 Å². The van der Waals surface area contributed by atoms with Crippen LogP contribution in [0.15, 0.2) is 6.33 Å². The van der Waals surface area contributed by atoms with E-state index in [1.807, 2.05) is 7.05 Å². The maximum absolute atomic E-state index is 6.26. The second kappa shape index (κ2) is 4.94. The van der Waals surface area contributed by atoms with Crippen molar-refractivity contribution in [3.8, 4) is 0 Å². The van der Waals surface area contributed by atoms with Crippen LogP contribution in [0.2, 0.25) is 0 Å². The highest BCUT2D eigenvalue weighted by Gasteiger charge is 2.22. The van der Waals surface area contributed by atoms with Gasteiger partial charge in [0.1, 0.15) is 12.2 Å². The monoisotopic (exact) mass is 228 g/mol. The molecule has 1 aliphatic carbocycles. The van der Waals surface area contributed by atoms with Crippen molar-refractivity contribution in [1.82, 2.24) is 20.1 Å². The van der Waals surface area contributed by atoms with Crippen LogP contribution in [0, 0.1) is 0 Å². The zero-order chi connectivity index (χ0) is 10.7. The number of aromatic nitrogens is 3. The van der Waals surface area contributed by atoms with Crippen LogP contribution < -0.4 is 5.32 Å². The molecule has 2 rings (SSSR count). The van der Waals surface area contributed by atoms with Gasteiger partial charge in [0, 0.05) is 18.5 Å². The Labute approximate surface area is 95.0 Å². The molecule has 84 valence electrons. The smallest absolute Gasteiger partial charge is 0.140 e. The van der Waals surface area contributed by atoms with E-state index in [1.165, 1.54) is 19.3 Å². The summed E-state index contributed by atoms with van der Waals surface area (Å²) in [5.74, 6) is 0.962. The van der Waals surface area contributed by atoms with Gasteiger partial charge in [-0.2, -0.15) is 5.10 Å². The lowest BCUT2D eigenvalue weighted by Gasteiger charge is -2.27. The molecule has 4 nitrogen and oxygen atoms in total. The third kappa shape index (κ3) is 2.69. The van der Waals surface area contributed by atoms with Crippen LogP contribution in [0.3, 0.4) is 0 Å². The number of aryl methyl sites for hydroxylation is 1. The molecule has 1 aromatic rings. The molecule has 2 atom stereocenters. The van der Waals surface area contributed by atoms with E-state index in [0.29, 0.717) is 6.04 Å². The Kier molecular flexibility index (Phi) is 3.59. The van der Waals surface area contributed by atoms with Gasteiger partial charge in [-0.1, -0.05) is 12.8 Å². The van der Waals surface area contributed by atoms with Gasteiger partial charge in [-0.3, -0.25) is 4.68 Å². The molecule has 0 aliphatic heterocycles. The van der Waals surface area contributed by atoms with E-state index in [1.54, 1.807) is 11.0 Å². The number of alkyl halides is 1. The van der Waals surface area contributed by atoms with Gasteiger partial charge in [0.25, 0.3) is 0 Å². The number of halogens is 1. The summed E-state index contributed by atoms with van der Waals surface area (Å²) in [7, 11) is 1.91. The minimum Gasteiger partial charge on any atom is -0.306 e. The Bertz CT molecular complexity index is 312.